The summed E-state index contributed by atoms with van der Waals surface area (Å²) in [5.74, 6) is -0.435. The summed E-state index contributed by atoms with van der Waals surface area (Å²) in [7, 11) is 3.07. The molecule has 0 bridgehead atoms. The topological polar surface area (TPSA) is 84.9 Å². The van der Waals surface area contributed by atoms with Crippen molar-refractivity contribution < 1.29 is 24.2 Å². The molecule has 0 aliphatic rings. The number of rotatable bonds is 8. The first-order valence-corrected chi connectivity index (χ1v) is 8.01. The highest BCUT2D eigenvalue weighted by Gasteiger charge is 2.19. The largest absolute Gasteiger partial charge is 0.493 e. The minimum atomic E-state index is -1.08. The van der Waals surface area contributed by atoms with Crippen LogP contribution in [0.3, 0.4) is 0 Å². The average molecular weight is 355 g/mol. The van der Waals surface area contributed by atoms with E-state index in [1.165, 1.54) is 13.2 Å². The molecule has 1 atom stereocenters. The Morgan fingerprint density at radius 2 is 1.77 bits per heavy atom. The van der Waals surface area contributed by atoms with Crippen molar-refractivity contribution in [1.29, 1.82) is 0 Å². The van der Waals surface area contributed by atoms with Gasteiger partial charge in [0.1, 0.15) is 6.04 Å². The van der Waals surface area contributed by atoms with E-state index in [0.717, 1.165) is 11.1 Å². The lowest BCUT2D eigenvalue weighted by atomic mass is 10.1. The smallest absolute Gasteiger partial charge is 0.326 e. The molecule has 2 N–H and O–H groups in total. The molecule has 136 valence electrons. The van der Waals surface area contributed by atoms with Crippen LogP contribution in [0, 0.1) is 0 Å². The lowest BCUT2D eigenvalue weighted by Crippen LogP contribution is -2.41. The van der Waals surface area contributed by atoms with Crippen molar-refractivity contribution in [2.45, 2.75) is 12.5 Å². The fourth-order valence-electron chi connectivity index (χ4n) is 2.40. The fraction of sp³-hybridized carbons (Fsp3) is 0.200. The van der Waals surface area contributed by atoms with Gasteiger partial charge in [0, 0.05) is 12.5 Å². The quantitative estimate of drug-likeness (QED) is 0.711. The van der Waals surface area contributed by atoms with Crippen LogP contribution in [-0.2, 0) is 16.0 Å². The summed E-state index contributed by atoms with van der Waals surface area (Å²) in [6.45, 7) is 0. The zero-order valence-electron chi connectivity index (χ0n) is 14.6. The van der Waals surface area contributed by atoms with Gasteiger partial charge in [-0.3, -0.25) is 4.79 Å². The summed E-state index contributed by atoms with van der Waals surface area (Å²) >= 11 is 0. The molecule has 0 aromatic heterocycles. The van der Waals surface area contributed by atoms with Crippen LogP contribution in [0.1, 0.15) is 11.1 Å². The number of hydrogen-bond acceptors (Lipinski definition) is 4. The maximum atomic E-state index is 12.1. The molecule has 2 rings (SSSR count). The zero-order valence-corrected chi connectivity index (χ0v) is 14.6. The number of nitrogens with one attached hydrogen (secondary N) is 1. The van der Waals surface area contributed by atoms with Crippen molar-refractivity contribution in [2.24, 2.45) is 0 Å². The molecule has 2 aromatic carbocycles. The number of carbonyl (C=O) groups is 2. The Morgan fingerprint density at radius 1 is 1.08 bits per heavy atom. The number of benzene rings is 2. The fourth-order valence-corrected chi connectivity index (χ4v) is 2.40. The van der Waals surface area contributed by atoms with Gasteiger partial charge in [-0.2, -0.15) is 0 Å². The zero-order chi connectivity index (χ0) is 18.9. The van der Waals surface area contributed by atoms with E-state index in [1.54, 1.807) is 31.4 Å². The molecule has 1 amide bonds. The molecule has 0 saturated carbocycles. The summed E-state index contributed by atoms with van der Waals surface area (Å²) in [4.78, 5) is 23.5. The van der Waals surface area contributed by atoms with Gasteiger partial charge >= 0.3 is 5.97 Å². The van der Waals surface area contributed by atoms with Crippen LogP contribution in [0.2, 0.25) is 0 Å². The maximum absolute atomic E-state index is 12.1. The van der Waals surface area contributed by atoms with E-state index in [4.69, 9.17) is 9.47 Å². The highest BCUT2D eigenvalue weighted by Crippen LogP contribution is 2.27. The van der Waals surface area contributed by atoms with Gasteiger partial charge in [0.15, 0.2) is 11.5 Å². The van der Waals surface area contributed by atoms with Crippen LogP contribution >= 0.6 is 0 Å². The maximum Gasteiger partial charge on any atom is 0.326 e. The van der Waals surface area contributed by atoms with Crippen molar-refractivity contribution in [2.75, 3.05) is 14.2 Å². The molecular weight excluding hydrogens is 334 g/mol. The van der Waals surface area contributed by atoms with E-state index >= 15 is 0 Å². The minimum Gasteiger partial charge on any atom is -0.493 e. The molecule has 0 heterocycles. The molecular formula is C20H21NO5. The molecule has 0 aliphatic carbocycles. The Hall–Kier alpha value is -3.28. The van der Waals surface area contributed by atoms with E-state index < -0.39 is 17.9 Å². The van der Waals surface area contributed by atoms with Gasteiger partial charge in [0.25, 0.3) is 0 Å². The Labute approximate surface area is 152 Å². The molecule has 2 aromatic rings. The van der Waals surface area contributed by atoms with Crippen LogP contribution in [0.4, 0.5) is 0 Å². The number of amides is 1. The number of carbonyl (C=O) groups excluding carboxylic acids is 1. The average Bonchev–Trinajstić information content (AvgIpc) is 2.66. The molecule has 26 heavy (non-hydrogen) atoms. The minimum absolute atomic E-state index is 0.214. The van der Waals surface area contributed by atoms with Crippen LogP contribution < -0.4 is 14.8 Å². The number of methoxy groups -OCH3 is 2. The third-order valence-electron chi connectivity index (χ3n) is 3.73. The third kappa shape index (κ3) is 5.37. The Balaban J connectivity index is 2.03. The molecule has 0 fully saturated rings. The normalized spacial score (nSPS) is 11.8. The lowest BCUT2D eigenvalue weighted by molar-refractivity contribution is -0.141. The second-order valence-electron chi connectivity index (χ2n) is 5.54. The summed E-state index contributed by atoms with van der Waals surface area (Å²) in [5, 5.41) is 11.8. The van der Waals surface area contributed by atoms with E-state index in [9.17, 15) is 14.7 Å². The summed E-state index contributed by atoms with van der Waals surface area (Å²) < 4.78 is 10.4. The monoisotopic (exact) mass is 355 g/mol. The highest BCUT2D eigenvalue weighted by molar-refractivity contribution is 5.94. The van der Waals surface area contributed by atoms with Gasteiger partial charge < -0.3 is 19.9 Å². The number of aliphatic carboxylic acids is 1. The van der Waals surface area contributed by atoms with E-state index in [2.05, 4.69) is 5.32 Å². The molecule has 0 saturated heterocycles. The molecule has 0 spiro atoms. The number of hydrogen-bond donors (Lipinski definition) is 2. The van der Waals surface area contributed by atoms with E-state index in [0.29, 0.717) is 11.5 Å². The molecule has 6 heteroatoms. The highest BCUT2D eigenvalue weighted by atomic mass is 16.5. The third-order valence-corrected chi connectivity index (χ3v) is 3.73. The number of carboxylic acids is 1. The van der Waals surface area contributed by atoms with Crippen LogP contribution in [0.15, 0.2) is 54.6 Å². The Morgan fingerprint density at radius 3 is 2.38 bits per heavy atom. The van der Waals surface area contributed by atoms with Gasteiger partial charge in [-0.05, 0) is 29.3 Å². The summed E-state index contributed by atoms with van der Waals surface area (Å²) in [6, 6.07) is 13.4. The Bertz CT molecular complexity index is 786. The molecule has 0 radical (unpaired) electrons. The second kappa shape index (κ2) is 9.27. The van der Waals surface area contributed by atoms with Crippen molar-refractivity contribution in [3.05, 3.63) is 65.7 Å². The summed E-state index contributed by atoms with van der Waals surface area (Å²) in [6.07, 6.45) is 3.09. The van der Waals surface area contributed by atoms with Crippen molar-refractivity contribution in [3.8, 4) is 11.5 Å². The first-order valence-electron chi connectivity index (χ1n) is 8.01. The second-order valence-corrected chi connectivity index (χ2v) is 5.54. The first kappa shape index (κ1) is 19.1. The van der Waals surface area contributed by atoms with Crippen molar-refractivity contribution in [3.63, 3.8) is 0 Å². The first-order chi connectivity index (χ1) is 12.5. The lowest BCUT2D eigenvalue weighted by Gasteiger charge is -2.13. The van der Waals surface area contributed by atoms with Crippen molar-refractivity contribution >= 4 is 18.0 Å². The SMILES string of the molecule is COc1ccc(C=CC(=O)NC(Cc2ccccc2)C(=O)O)cc1OC. The predicted octanol–water partition coefficient (Wildman–Crippen LogP) is 2.53. The predicted molar refractivity (Wildman–Crippen MR) is 98.3 cm³/mol. The van der Waals surface area contributed by atoms with E-state index in [1.807, 2.05) is 30.3 Å². The van der Waals surface area contributed by atoms with E-state index in [-0.39, 0.29) is 6.42 Å². The summed E-state index contributed by atoms with van der Waals surface area (Å²) in [5.41, 5.74) is 1.57. The van der Waals surface area contributed by atoms with Gasteiger partial charge in [-0.1, -0.05) is 36.4 Å². The van der Waals surface area contributed by atoms with Crippen LogP contribution in [0.25, 0.3) is 6.08 Å². The standard InChI is InChI=1S/C20H21NO5/c1-25-17-10-8-15(13-18(17)26-2)9-11-19(22)21-16(20(23)24)12-14-6-4-3-5-7-14/h3-11,13,16H,12H2,1-2H3,(H,21,22)(H,23,24). The van der Waals surface area contributed by atoms with Gasteiger partial charge in [-0.15, -0.1) is 0 Å². The van der Waals surface area contributed by atoms with Crippen molar-refractivity contribution in [1.82, 2.24) is 5.32 Å². The van der Waals surface area contributed by atoms with Gasteiger partial charge in [-0.25, -0.2) is 4.79 Å². The molecule has 1 unspecified atom stereocenters. The van der Waals surface area contributed by atoms with Crippen LogP contribution in [0.5, 0.6) is 11.5 Å². The molecule has 6 nitrogen and oxygen atoms in total. The Kier molecular flexibility index (Phi) is 6.79. The van der Waals surface area contributed by atoms with Crippen LogP contribution in [-0.4, -0.2) is 37.2 Å². The van der Waals surface area contributed by atoms with Gasteiger partial charge in [0.2, 0.25) is 5.91 Å². The molecule has 0 aliphatic heterocycles. The van der Waals surface area contributed by atoms with Gasteiger partial charge in [0.05, 0.1) is 14.2 Å². The number of ether oxygens (including phenoxy) is 2. The number of carboxylic acid groups (broad SMARTS) is 1.